The first-order chi connectivity index (χ1) is 20.9. The maximum absolute atomic E-state index is 6.29. The predicted octanol–water partition coefficient (Wildman–Crippen LogP) is 6.50. The van der Waals surface area contributed by atoms with Crippen LogP contribution in [0.3, 0.4) is 0 Å². The van der Waals surface area contributed by atoms with Gasteiger partial charge >= 0.3 is 14.2 Å². The molecule has 0 aliphatic carbocycles. The van der Waals surface area contributed by atoms with Crippen LogP contribution >= 0.6 is 0 Å². The highest BCUT2D eigenvalue weighted by Gasteiger charge is 2.52. The lowest BCUT2D eigenvalue weighted by atomic mass is 9.79. The van der Waals surface area contributed by atoms with E-state index in [9.17, 15) is 0 Å². The first-order valence-corrected chi connectivity index (χ1v) is 15.9. The van der Waals surface area contributed by atoms with Crippen molar-refractivity contribution in [2.24, 2.45) is 0 Å². The van der Waals surface area contributed by atoms with E-state index in [2.05, 4.69) is 154 Å². The van der Waals surface area contributed by atoms with Gasteiger partial charge in [-0.2, -0.15) is 0 Å². The highest BCUT2D eigenvalue weighted by atomic mass is 16.7. The van der Waals surface area contributed by atoms with Crippen LogP contribution in [0.15, 0.2) is 72.8 Å². The third-order valence-electron chi connectivity index (χ3n) is 10.0. The van der Waals surface area contributed by atoms with Crippen LogP contribution in [0.1, 0.15) is 81.7 Å². The van der Waals surface area contributed by atoms with Gasteiger partial charge in [-0.25, -0.2) is 0 Å². The molecule has 7 nitrogen and oxygen atoms in total. The Morgan fingerprint density at radius 1 is 0.511 bits per heavy atom. The largest absolute Gasteiger partial charge is 0.494 e. The molecule has 6 rings (SSSR count). The van der Waals surface area contributed by atoms with E-state index in [0.717, 1.165) is 39.4 Å². The standard InChI is InChI=1S/C36H45B2N3O4/c1-32(2,3)26-16-22-29(23-17-26)41-30(24-12-18-27(19-13-24)37-42-33(4,5)34(6,7)43-37)39-40-31(41)25-14-20-28(21-15-25)38-44-35(8,9)36(10,11)45-38/h12-23H,1-11H3. The molecule has 2 aliphatic rings. The quantitative estimate of drug-likeness (QED) is 0.242. The molecule has 2 fully saturated rings. The van der Waals surface area contributed by atoms with Gasteiger partial charge in [0.25, 0.3) is 0 Å². The summed E-state index contributed by atoms with van der Waals surface area (Å²) >= 11 is 0. The molecule has 0 spiro atoms. The van der Waals surface area contributed by atoms with Crippen LogP contribution in [0.25, 0.3) is 28.5 Å². The normalized spacial score (nSPS) is 20.2. The average Bonchev–Trinajstić information content (AvgIpc) is 3.56. The molecule has 0 saturated carbocycles. The average molecular weight is 605 g/mol. The van der Waals surface area contributed by atoms with Crippen LogP contribution in [-0.2, 0) is 24.0 Å². The second-order valence-corrected chi connectivity index (χ2v) is 15.4. The maximum atomic E-state index is 6.29. The Morgan fingerprint density at radius 3 is 1.16 bits per heavy atom. The third kappa shape index (κ3) is 5.69. The summed E-state index contributed by atoms with van der Waals surface area (Å²) in [7, 11) is -0.852. The van der Waals surface area contributed by atoms with Crippen molar-refractivity contribution in [2.45, 2.75) is 104 Å². The second-order valence-electron chi connectivity index (χ2n) is 15.4. The van der Waals surface area contributed by atoms with Gasteiger partial charge in [-0.1, -0.05) is 81.4 Å². The fraction of sp³-hybridized carbons (Fsp3) is 0.444. The highest BCUT2D eigenvalue weighted by molar-refractivity contribution is 6.62. The number of hydrogen-bond acceptors (Lipinski definition) is 6. The van der Waals surface area contributed by atoms with E-state index in [1.807, 2.05) is 0 Å². The van der Waals surface area contributed by atoms with Gasteiger partial charge in [-0.3, -0.25) is 4.57 Å². The fourth-order valence-electron chi connectivity index (χ4n) is 5.55. The van der Waals surface area contributed by atoms with Crippen molar-refractivity contribution in [3.8, 4) is 28.5 Å². The zero-order valence-electron chi connectivity index (χ0n) is 28.6. The van der Waals surface area contributed by atoms with Crippen molar-refractivity contribution in [3.05, 3.63) is 78.4 Å². The predicted molar refractivity (Wildman–Crippen MR) is 182 cm³/mol. The van der Waals surface area contributed by atoms with E-state index in [-0.39, 0.29) is 5.41 Å². The molecule has 4 aromatic rings. The van der Waals surface area contributed by atoms with Crippen LogP contribution in [0.2, 0.25) is 0 Å². The lowest BCUT2D eigenvalue weighted by molar-refractivity contribution is 0.00578. The number of rotatable bonds is 5. The van der Waals surface area contributed by atoms with Crippen molar-refractivity contribution in [1.29, 1.82) is 0 Å². The Kier molecular flexibility index (Phi) is 7.52. The number of nitrogens with zero attached hydrogens (tertiary/aromatic N) is 3. The Morgan fingerprint density at radius 2 is 0.844 bits per heavy atom. The zero-order valence-corrected chi connectivity index (χ0v) is 28.6. The Labute approximate surface area is 268 Å². The topological polar surface area (TPSA) is 67.6 Å². The smallest absolute Gasteiger partial charge is 0.399 e. The molecule has 0 radical (unpaired) electrons. The zero-order chi connectivity index (χ0) is 32.6. The lowest BCUT2D eigenvalue weighted by Crippen LogP contribution is -2.41. The first kappa shape index (κ1) is 31.7. The molecule has 2 saturated heterocycles. The molecule has 0 bridgehead atoms. The molecule has 2 aliphatic heterocycles. The summed E-state index contributed by atoms with van der Waals surface area (Å²) in [6.07, 6.45) is 0. The maximum Gasteiger partial charge on any atom is 0.494 e. The van der Waals surface area contributed by atoms with Gasteiger partial charge < -0.3 is 18.6 Å². The molecule has 1 aromatic heterocycles. The summed E-state index contributed by atoms with van der Waals surface area (Å²) in [4.78, 5) is 0. The molecule has 45 heavy (non-hydrogen) atoms. The van der Waals surface area contributed by atoms with E-state index in [1.54, 1.807) is 0 Å². The van der Waals surface area contributed by atoms with Crippen molar-refractivity contribution >= 4 is 25.2 Å². The van der Waals surface area contributed by atoms with Gasteiger partial charge in [0.05, 0.1) is 22.4 Å². The minimum absolute atomic E-state index is 0.0457. The molecule has 3 aromatic carbocycles. The summed E-state index contributed by atoms with van der Waals surface area (Å²) in [5.74, 6) is 1.51. The van der Waals surface area contributed by atoms with E-state index in [0.29, 0.717) is 0 Å². The van der Waals surface area contributed by atoms with Gasteiger partial charge in [-0.15, -0.1) is 10.2 Å². The molecule has 0 N–H and O–H groups in total. The van der Waals surface area contributed by atoms with E-state index < -0.39 is 36.6 Å². The fourth-order valence-corrected chi connectivity index (χ4v) is 5.55. The van der Waals surface area contributed by atoms with Crippen LogP contribution in [0.5, 0.6) is 0 Å². The molecule has 0 amide bonds. The van der Waals surface area contributed by atoms with Crippen molar-refractivity contribution < 1.29 is 18.6 Å². The summed E-state index contributed by atoms with van der Waals surface area (Å²) in [6, 6.07) is 25.1. The van der Waals surface area contributed by atoms with Crippen LogP contribution in [-0.4, -0.2) is 51.4 Å². The Balaban J connectivity index is 1.36. The number of benzene rings is 3. The second kappa shape index (κ2) is 10.7. The van der Waals surface area contributed by atoms with Crippen LogP contribution in [0, 0.1) is 0 Å². The number of hydrogen-bond donors (Lipinski definition) is 0. The number of aromatic nitrogens is 3. The monoisotopic (exact) mass is 605 g/mol. The van der Waals surface area contributed by atoms with Crippen LogP contribution in [0.4, 0.5) is 0 Å². The highest BCUT2D eigenvalue weighted by Crippen LogP contribution is 2.38. The van der Waals surface area contributed by atoms with Gasteiger partial charge in [0, 0.05) is 16.8 Å². The molecule has 9 heteroatoms. The summed E-state index contributed by atoms with van der Waals surface area (Å²) < 4.78 is 27.3. The molecular weight excluding hydrogens is 560 g/mol. The lowest BCUT2D eigenvalue weighted by Gasteiger charge is -2.32. The Hall–Kier alpha value is -3.23. The minimum Gasteiger partial charge on any atom is -0.399 e. The van der Waals surface area contributed by atoms with Gasteiger partial charge in [0.1, 0.15) is 0 Å². The summed E-state index contributed by atoms with van der Waals surface area (Å²) in [6.45, 7) is 23.2. The van der Waals surface area contributed by atoms with Crippen LogP contribution < -0.4 is 10.9 Å². The van der Waals surface area contributed by atoms with Crippen molar-refractivity contribution in [3.63, 3.8) is 0 Å². The van der Waals surface area contributed by atoms with Gasteiger partial charge in [0.15, 0.2) is 11.6 Å². The molecule has 3 heterocycles. The van der Waals surface area contributed by atoms with Crippen molar-refractivity contribution in [2.75, 3.05) is 0 Å². The SMILES string of the molecule is CC(C)(C)c1ccc(-n2c(-c3ccc(B4OC(C)(C)C(C)(C)O4)cc3)nnc2-c2ccc(B3OC(C)(C)C(C)(C)O3)cc2)cc1. The van der Waals surface area contributed by atoms with E-state index in [4.69, 9.17) is 28.8 Å². The third-order valence-corrected chi connectivity index (χ3v) is 10.0. The molecule has 0 unspecified atom stereocenters. The van der Waals surface area contributed by atoms with E-state index >= 15 is 0 Å². The van der Waals surface area contributed by atoms with E-state index in [1.165, 1.54) is 5.56 Å². The molecule has 0 atom stereocenters. The van der Waals surface area contributed by atoms with Gasteiger partial charge in [-0.05, 0) is 89.4 Å². The molecule has 234 valence electrons. The minimum atomic E-state index is -0.426. The molecular formula is C36H45B2N3O4. The first-order valence-electron chi connectivity index (χ1n) is 15.9. The summed E-state index contributed by atoms with van der Waals surface area (Å²) in [5.41, 5.74) is 4.53. The Bertz CT molecular complexity index is 1560. The van der Waals surface area contributed by atoms with Gasteiger partial charge in [0.2, 0.25) is 0 Å². The van der Waals surface area contributed by atoms with Crippen molar-refractivity contribution in [1.82, 2.24) is 14.8 Å². The summed E-state index contributed by atoms with van der Waals surface area (Å²) in [5, 5.41) is 9.45.